The maximum Gasteiger partial charge on any atom is 0.356 e. The van der Waals surface area contributed by atoms with Crippen molar-refractivity contribution in [3.8, 4) is 0 Å². The van der Waals surface area contributed by atoms with Crippen molar-refractivity contribution in [2.24, 2.45) is 0 Å². The zero-order chi connectivity index (χ0) is 43.6. The minimum Gasteiger partial charge on any atom is -0.464 e. The average molecular weight is 861 g/mol. The number of halogens is 5. The van der Waals surface area contributed by atoms with Gasteiger partial charge in [-0.15, -0.1) is 11.6 Å². The van der Waals surface area contributed by atoms with Crippen LogP contribution in [0.5, 0.6) is 0 Å². The van der Waals surface area contributed by atoms with E-state index >= 15 is 0 Å². The maximum absolute atomic E-state index is 14.2. The molecule has 0 radical (unpaired) electrons. The van der Waals surface area contributed by atoms with Crippen molar-refractivity contribution in [1.29, 1.82) is 0 Å². The van der Waals surface area contributed by atoms with Crippen LogP contribution >= 0.6 is 11.6 Å². The molecule has 0 aliphatic carbocycles. The molecule has 18 heteroatoms. The highest BCUT2D eigenvalue weighted by Crippen LogP contribution is 2.26. The zero-order valence-corrected chi connectivity index (χ0v) is 34.1. The van der Waals surface area contributed by atoms with Gasteiger partial charge >= 0.3 is 11.9 Å². The molecule has 13 nitrogen and oxygen atoms in total. The van der Waals surface area contributed by atoms with Gasteiger partial charge in [-0.3, -0.25) is 0 Å². The molecule has 2 aromatic carbocycles. The molecule has 0 aliphatic heterocycles. The Balaban J connectivity index is 0.000000244. The standard InChI is InChI=1S/C22H24F2N2O5.C17H13ClF2N2O2.C3H8O2/c1-28-5-6-30-7-8-31-14-16-13-26(12-15-3-4-17(23)9-19(15)24)21-11-25-20(10-18(16)21)22(27)29-2;1-24-17(23)15-5-13-11(6-18)9-22(16(13)7-21-15)8-10-2-3-12(19)4-14(10)20;1-5-3-2-4/h3-4,9-11,13H,5-8,12,14H2,1-2H3;2-5,7,9H,6,8H2,1H3;4H,2-3H2,1H3. The molecule has 0 amide bonds. The Kier molecular flexibility index (Phi) is 18.9. The van der Waals surface area contributed by atoms with Crippen molar-refractivity contribution in [3.05, 3.63) is 130 Å². The number of hydrogen-bond acceptors (Lipinski definition) is 11. The summed E-state index contributed by atoms with van der Waals surface area (Å²) in [5.74, 6) is -3.40. The molecule has 0 bridgehead atoms. The van der Waals surface area contributed by atoms with Crippen LogP contribution in [-0.2, 0) is 54.0 Å². The first kappa shape index (κ1) is 47.3. The molecule has 0 aliphatic rings. The number of methoxy groups -OCH3 is 4. The molecule has 6 rings (SSSR count). The normalized spacial score (nSPS) is 10.9. The fraction of sp³-hybridized carbons (Fsp3) is 0.333. The number of aliphatic hydroxyl groups is 1. The van der Waals surface area contributed by atoms with Crippen molar-refractivity contribution < 1.29 is 60.7 Å². The molecule has 322 valence electrons. The number of ether oxygens (including phenoxy) is 6. The highest BCUT2D eigenvalue weighted by Gasteiger charge is 2.17. The van der Waals surface area contributed by atoms with Gasteiger partial charge in [0, 0.05) is 72.1 Å². The Morgan fingerprint density at radius 2 is 1.10 bits per heavy atom. The molecule has 0 saturated heterocycles. The van der Waals surface area contributed by atoms with Gasteiger partial charge in [-0.25, -0.2) is 37.1 Å². The van der Waals surface area contributed by atoms with Crippen LogP contribution in [0.15, 0.2) is 73.3 Å². The highest BCUT2D eigenvalue weighted by atomic mass is 35.5. The third-order valence-electron chi connectivity index (χ3n) is 8.70. The second-order valence-corrected chi connectivity index (χ2v) is 13.0. The van der Waals surface area contributed by atoms with Crippen molar-refractivity contribution in [2.45, 2.75) is 25.6 Å². The number of carbonyl (C=O) groups excluding carboxylic acids is 2. The monoisotopic (exact) mass is 860 g/mol. The van der Waals surface area contributed by atoms with Gasteiger partial charge in [0.2, 0.25) is 0 Å². The van der Waals surface area contributed by atoms with Gasteiger partial charge in [0.15, 0.2) is 0 Å². The molecule has 60 heavy (non-hydrogen) atoms. The van der Waals surface area contributed by atoms with E-state index in [2.05, 4.69) is 19.4 Å². The summed E-state index contributed by atoms with van der Waals surface area (Å²) in [6.07, 6.45) is 6.62. The van der Waals surface area contributed by atoms with Crippen molar-refractivity contribution in [1.82, 2.24) is 19.1 Å². The number of carbonyl (C=O) groups is 2. The molecule has 0 unspecified atom stereocenters. The molecule has 4 heterocycles. The smallest absolute Gasteiger partial charge is 0.356 e. The van der Waals surface area contributed by atoms with E-state index in [0.717, 1.165) is 34.0 Å². The summed E-state index contributed by atoms with van der Waals surface area (Å²) in [6, 6.07) is 10.1. The van der Waals surface area contributed by atoms with Crippen LogP contribution in [0.25, 0.3) is 21.8 Å². The van der Waals surface area contributed by atoms with Gasteiger partial charge < -0.3 is 42.7 Å². The molecule has 0 atom stereocenters. The molecule has 0 saturated carbocycles. The molecule has 0 spiro atoms. The van der Waals surface area contributed by atoms with Crippen molar-refractivity contribution in [2.75, 3.05) is 68.1 Å². The minimum atomic E-state index is -0.634. The topological polar surface area (TPSA) is 145 Å². The number of aromatic nitrogens is 4. The van der Waals surface area contributed by atoms with E-state index in [1.165, 1.54) is 50.9 Å². The second-order valence-electron chi connectivity index (χ2n) is 12.7. The summed E-state index contributed by atoms with van der Waals surface area (Å²) in [4.78, 5) is 31.7. The minimum absolute atomic E-state index is 0.122. The number of pyridine rings is 2. The Morgan fingerprint density at radius 1 is 0.633 bits per heavy atom. The van der Waals surface area contributed by atoms with Crippen LogP contribution in [0.3, 0.4) is 0 Å². The van der Waals surface area contributed by atoms with Crippen LogP contribution < -0.4 is 0 Å². The van der Waals surface area contributed by atoms with E-state index in [1.54, 1.807) is 41.7 Å². The largest absolute Gasteiger partial charge is 0.464 e. The molecule has 1 N–H and O–H groups in total. The summed E-state index contributed by atoms with van der Waals surface area (Å²) in [6.45, 7) is 2.97. The molecular formula is C42H45ClF4N4O9. The first-order valence-corrected chi connectivity index (χ1v) is 18.8. The summed E-state index contributed by atoms with van der Waals surface area (Å²) < 4.78 is 87.7. The fourth-order valence-corrected chi connectivity index (χ4v) is 5.95. The number of hydrogen-bond donors (Lipinski definition) is 1. The van der Waals surface area contributed by atoms with E-state index in [-0.39, 0.29) is 43.6 Å². The van der Waals surface area contributed by atoms with Crippen LogP contribution in [0.1, 0.15) is 43.2 Å². The second kappa shape index (κ2) is 24.0. The Bertz CT molecular complexity index is 2340. The van der Waals surface area contributed by atoms with E-state index < -0.39 is 35.2 Å². The number of alkyl halides is 1. The summed E-state index contributed by atoms with van der Waals surface area (Å²) in [5, 5.41) is 9.41. The third kappa shape index (κ3) is 13.0. The van der Waals surface area contributed by atoms with E-state index in [4.69, 9.17) is 35.7 Å². The number of fused-ring (bicyclic) bond motifs is 2. The number of nitrogens with zero attached hydrogens (tertiary/aromatic N) is 4. The van der Waals surface area contributed by atoms with Gasteiger partial charge in [-0.2, -0.15) is 0 Å². The SMILES string of the molecule is COC(=O)c1cc2c(CCl)cn(Cc3ccc(F)cc3F)c2cn1.COCCO.COCCOCCOCc1cn(Cc2ccc(F)cc2F)c2cnc(C(=O)OC)cc12. The van der Waals surface area contributed by atoms with Gasteiger partial charge in [0.25, 0.3) is 0 Å². The van der Waals surface area contributed by atoms with Crippen molar-refractivity contribution in [3.63, 3.8) is 0 Å². The van der Waals surface area contributed by atoms with Gasteiger partial charge in [-0.1, -0.05) is 12.1 Å². The lowest BCUT2D eigenvalue weighted by Gasteiger charge is -2.07. The third-order valence-corrected chi connectivity index (χ3v) is 8.99. The number of aliphatic hydroxyl groups excluding tert-OH is 1. The summed E-state index contributed by atoms with van der Waals surface area (Å²) in [7, 11) is 5.71. The average Bonchev–Trinajstić information content (AvgIpc) is 3.78. The summed E-state index contributed by atoms with van der Waals surface area (Å²) in [5.41, 5.74) is 3.95. The molecule has 4 aromatic heterocycles. The van der Waals surface area contributed by atoms with E-state index in [1.807, 2.05) is 6.20 Å². The van der Waals surface area contributed by atoms with Gasteiger partial charge in [0.05, 0.1) is 97.0 Å². The Labute approximate surface area is 348 Å². The lowest BCUT2D eigenvalue weighted by molar-refractivity contribution is 0.0202. The molecule has 6 aromatic rings. The Hall–Kier alpha value is -5.43. The number of benzene rings is 2. The predicted molar refractivity (Wildman–Crippen MR) is 214 cm³/mol. The van der Waals surface area contributed by atoms with Gasteiger partial charge in [-0.05, 0) is 29.8 Å². The maximum atomic E-state index is 14.2. The van der Waals surface area contributed by atoms with E-state index in [0.29, 0.717) is 55.2 Å². The quantitative estimate of drug-likeness (QED) is 0.0446. The predicted octanol–water partition coefficient (Wildman–Crippen LogP) is 6.84. The van der Waals surface area contributed by atoms with E-state index in [9.17, 15) is 27.2 Å². The van der Waals surface area contributed by atoms with Gasteiger partial charge in [0.1, 0.15) is 34.7 Å². The van der Waals surface area contributed by atoms with Crippen molar-refractivity contribution >= 4 is 45.3 Å². The first-order valence-electron chi connectivity index (χ1n) is 18.3. The number of rotatable bonds is 17. The van der Waals surface area contributed by atoms with Crippen LogP contribution in [0, 0.1) is 23.3 Å². The number of esters is 2. The zero-order valence-electron chi connectivity index (χ0n) is 33.4. The summed E-state index contributed by atoms with van der Waals surface area (Å²) >= 11 is 5.97. The van der Waals surface area contributed by atoms with Crippen LogP contribution in [0.2, 0.25) is 0 Å². The molecule has 0 fully saturated rings. The lowest BCUT2D eigenvalue weighted by Crippen LogP contribution is -2.08. The van der Waals surface area contributed by atoms with Crippen LogP contribution in [0.4, 0.5) is 17.6 Å². The lowest BCUT2D eigenvalue weighted by atomic mass is 10.2. The molecular weight excluding hydrogens is 816 g/mol. The first-order chi connectivity index (χ1) is 29.0. The highest BCUT2D eigenvalue weighted by molar-refractivity contribution is 6.18. The fourth-order valence-electron chi connectivity index (χ4n) is 5.74. The Morgan fingerprint density at radius 3 is 1.53 bits per heavy atom. The van der Waals surface area contributed by atoms with Crippen LogP contribution in [-0.4, -0.2) is 104 Å².